The number of carbonyl (C=O) groups is 1. The number of aryl methyl sites for hydroxylation is 1. The number of thioether (sulfide) groups is 1. The third kappa shape index (κ3) is 4.15. The zero-order chi connectivity index (χ0) is 14.5. The van der Waals surface area contributed by atoms with Gasteiger partial charge in [0.15, 0.2) is 0 Å². The van der Waals surface area contributed by atoms with E-state index in [1.54, 1.807) is 17.8 Å². The van der Waals surface area contributed by atoms with Crippen LogP contribution in [0.15, 0.2) is 18.2 Å². The fourth-order valence-electron chi connectivity index (χ4n) is 2.17. The molecule has 110 valence electrons. The van der Waals surface area contributed by atoms with Crippen LogP contribution in [0.3, 0.4) is 0 Å². The molecule has 1 aliphatic rings. The van der Waals surface area contributed by atoms with Gasteiger partial charge < -0.3 is 15.8 Å². The summed E-state index contributed by atoms with van der Waals surface area (Å²) in [5.74, 6) is 0.0372. The van der Waals surface area contributed by atoms with Crippen molar-refractivity contribution in [3.05, 3.63) is 23.8 Å². The van der Waals surface area contributed by atoms with E-state index in [1.807, 2.05) is 26.0 Å². The number of anilines is 2. The average molecular weight is 294 g/mol. The number of nitrogens with one attached hydrogen (secondary N) is 1. The van der Waals surface area contributed by atoms with Gasteiger partial charge in [0.1, 0.15) is 0 Å². The molecule has 5 heteroatoms. The van der Waals surface area contributed by atoms with Gasteiger partial charge in [-0.1, -0.05) is 6.07 Å². The van der Waals surface area contributed by atoms with Gasteiger partial charge in [-0.05, 0) is 44.4 Å². The molecule has 1 amide bonds. The Morgan fingerprint density at radius 3 is 2.85 bits per heavy atom. The Bertz CT molecular complexity index is 473. The van der Waals surface area contributed by atoms with Crippen molar-refractivity contribution in [2.24, 2.45) is 0 Å². The first kappa shape index (κ1) is 15.2. The van der Waals surface area contributed by atoms with Crippen molar-refractivity contribution in [1.82, 2.24) is 0 Å². The van der Waals surface area contributed by atoms with Crippen LogP contribution in [0.2, 0.25) is 0 Å². The predicted octanol–water partition coefficient (Wildman–Crippen LogP) is 2.82. The second-order valence-corrected chi connectivity index (χ2v) is 6.80. The number of nitrogens with two attached hydrogens (primary N) is 1. The first-order chi connectivity index (χ1) is 9.56. The Hall–Kier alpha value is -1.20. The van der Waals surface area contributed by atoms with Crippen LogP contribution < -0.4 is 11.1 Å². The van der Waals surface area contributed by atoms with E-state index in [1.165, 1.54) is 0 Å². The number of rotatable bonds is 4. The lowest BCUT2D eigenvalue weighted by molar-refractivity contribution is -0.115. The van der Waals surface area contributed by atoms with Crippen molar-refractivity contribution in [3.63, 3.8) is 0 Å². The highest BCUT2D eigenvalue weighted by molar-refractivity contribution is 8.01. The van der Waals surface area contributed by atoms with Crippen LogP contribution in [-0.2, 0) is 9.53 Å². The summed E-state index contributed by atoms with van der Waals surface area (Å²) < 4.78 is 5.34. The molecule has 1 aliphatic heterocycles. The molecule has 2 rings (SSSR count). The van der Waals surface area contributed by atoms with Gasteiger partial charge in [-0.2, -0.15) is 0 Å². The van der Waals surface area contributed by atoms with Crippen LogP contribution in [0.1, 0.15) is 25.3 Å². The Morgan fingerprint density at radius 1 is 1.45 bits per heavy atom. The van der Waals surface area contributed by atoms with E-state index in [0.717, 1.165) is 37.3 Å². The molecule has 0 spiro atoms. The zero-order valence-corrected chi connectivity index (χ0v) is 12.8. The molecule has 4 nitrogen and oxygen atoms in total. The van der Waals surface area contributed by atoms with Gasteiger partial charge in [0.2, 0.25) is 5.91 Å². The minimum atomic E-state index is -0.0704. The molecule has 1 unspecified atom stereocenters. The predicted molar refractivity (Wildman–Crippen MR) is 85.1 cm³/mol. The van der Waals surface area contributed by atoms with Crippen molar-refractivity contribution in [2.75, 3.05) is 24.3 Å². The summed E-state index contributed by atoms with van der Waals surface area (Å²) in [6, 6.07) is 5.56. The quantitative estimate of drug-likeness (QED) is 0.838. The Kier molecular flexibility index (Phi) is 5.31. The smallest absolute Gasteiger partial charge is 0.237 e. The summed E-state index contributed by atoms with van der Waals surface area (Å²) in [5.41, 5.74) is 8.25. The average Bonchev–Trinajstić information content (AvgIpc) is 2.44. The van der Waals surface area contributed by atoms with E-state index in [2.05, 4.69) is 5.32 Å². The van der Waals surface area contributed by atoms with E-state index in [-0.39, 0.29) is 11.2 Å². The molecule has 1 atom stereocenters. The fraction of sp³-hybridized carbons (Fsp3) is 0.533. The summed E-state index contributed by atoms with van der Waals surface area (Å²) >= 11 is 1.73. The third-order valence-electron chi connectivity index (χ3n) is 3.45. The monoisotopic (exact) mass is 294 g/mol. The van der Waals surface area contributed by atoms with Gasteiger partial charge in [-0.3, -0.25) is 4.79 Å². The van der Waals surface area contributed by atoms with E-state index in [0.29, 0.717) is 10.9 Å². The second-order valence-electron chi connectivity index (χ2n) is 5.15. The van der Waals surface area contributed by atoms with Gasteiger partial charge in [0.25, 0.3) is 0 Å². The van der Waals surface area contributed by atoms with Gasteiger partial charge in [-0.25, -0.2) is 0 Å². The number of ether oxygens (including phenoxy) is 1. The van der Waals surface area contributed by atoms with Crippen LogP contribution in [-0.4, -0.2) is 29.6 Å². The largest absolute Gasteiger partial charge is 0.399 e. The minimum Gasteiger partial charge on any atom is -0.399 e. The maximum atomic E-state index is 12.2. The standard InChI is InChI=1S/C15H22N2O2S/c1-10-3-4-12(16)9-14(10)17-15(18)11(2)20-13-5-7-19-8-6-13/h3-4,9,11,13H,5-8,16H2,1-2H3,(H,17,18). The van der Waals surface area contributed by atoms with Crippen LogP contribution in [0.25, 0.3) is 0 Å². The molecule has 0 saturated carbocycles. The molecule has 20 heavy (non-hydrogen) atoms. The third-order valence-corrected chi connectivity index (χ3v) is 4.93. The molecule has 1 saturated heterocycles. The Balaban J connectivity index is 1.91. The van der Waals surface area contributed by atoms with Crippen LogP contribution in [0, 0.1) is 6.92 Å². The summed E-state index contributed by atoms with van der Waals surface area (Å²) in [5, 5.41) is 3.42. The number of hydrogen-bond donors (Lipinski definition) is 2. The first-order valence-electron chi connectivity index (χ1n) is 6.96. The molecular weight excluding hydrogens is 272 g/mol. The maximum Gasteiger partial charge on any atom is 0.237 e. The van der Waals surface area contributed by atoms with Crippen LogP contribution in [0.5, 0.6) is 0 Å². The van der Waals surface area contributed by atoms with E-state index in [9.17, 15) is 4.79 Å². The number of carbonyl (C=O) groups excluding carboxylic acids is 1. The lowest BCUT2D eigenvalue weighted by atomic mass is 10.2. The highest BCUT2D eigenvalue weighted by atomic mass is 32.2. The molecule has 1 aromatic carbocycles. The lowest BCUT2D eigenvalue weighted by Gasteiger charge is -2.24. The van der Waals surface area contributed by atoms with Gasteiger partial charge in [-0.15, -0.1) is 11.8 Å². The number of benzene rings is 1. The van der Waals surface area contributed by atoms with Crippen LogP contribution in [0.4, 0.5) is 11.4 Å². The molecule has 0 bridgehead atoms. The lowest BCUT2D eigenvalue weighted by Crippen LogP contribution is -2.27. The first-order valence-corrected chi connectivity index (χ1v) is 7.90. The molecule has 1 heterocycles. The summed E-state index contributed by atoms with van der Waals surface area (Å²) in [4.78, 5) is 12.2. The zero-order valence-electron chi connectivity index (χ0n) is 12.0. The molecule has 3 N–H and O–H groups in total. The van der Waals surface area contributed by atoms with Gasteiger partial charge >= 0.3 is 0 Å². The maximum absolute atomic E-state index is 12.2. The SMILES string of the molecule is Cc1ccc(N)cc1NC(=O)C(C)SC1CCOCC1. The van der Waals surface area contributed by atoms with Gasteiger partial charge in [0, 0.05) is 29.8 Å². The van der Waals surface area contributed by atoms with Gasteiger partial charge in [0.05, 0.1) is 5.25 Å². The van der Waals surface area contributed by atoms with E-state index < -0.39 is 0 Å². The molecule has 1 fully saturated rings. The second kappa shape index (κ2) is 6.99. The van der Waals surface area contributed by atoms with E-state index >= 15 is 0 Å². The summed E-state index contributed by atoms with van der Waals surface area (Å²) in [6.07, 6.45) is 2.05. The summed E-state index contributed by atoms with van der Waals surface area (Å²) in [6.45, 7) is 5.53. The van der Waals surface area contributed by atoms with E-state index in [4.69, 9.17) is 10.5 Å². The van der Waals surface area contributed by atoms with Crippen molar-refractivity contribution >= 4 is 29.0 Å². The fourth-order valence-corrected chi connectivity index (χ4v) is 3.40. The summed E-state index contributed by atoms with van der Waals surface area (Å²) in [7, 11) is 0. The molecule has 0 aliphatic carbocycles. The highest BCUT2D eigenvalue weighted by Crippen LogP contribution is 2.27. The topological polar surface area (TPSA) is 64.3 Å². The van der Waals surface area contributed by atoms with Crippen LogP contribution >= 0.6 is 11.8 Å². The molecule has 0 radical (unpaired) electrons. The minimum absolute atomic E-state index is 0.0372. The van der Waals surface area contributed by atoms with Crippen molar-refractivity contribution in [3.8, 4) is 0 Å². The highest BCUT2D eigenvalue weighted by Gasteiger charge is 2.22. The van der Waals surface area contributed by atoms with Crippen molar-refractivity contribution < 1.29 is 9.53 Å². The van der Waals surface area contributed by atoms with Crippen molar-refractivity contribution in [1.29, 1.82) is 0 Å². The number of nitrogen functional groups attached to an aromatic ring is 1. The Labute approximate surface area is 124 Å². The Morgan fingerprint density at radius 2 is 2.15 bits per heavy atom. The normalized spacial score (nSPS) is 17.7. The molecule has 1 aromatic rings. The molecule has 0 aromatic heterocycles. The molecular formula is C15H22N2O2S. The number of amides is 1. The van der Waals surface area contributed by atoms with Crippen molar-refractivity contribution in [2.45, 2.75) is 37.2 Å². The number of hydrogen-bond acceptors (Lipinski definition) is 4.